The Balaban J connectivity index is 0.00000289. The molecule has 2 heterocycles. The molecule has 0 fully saturated rings. The van der Waals surface area contributed by atoms with Crippen LogP contribution in [0.2, 0.25) is 0 Å². The summed E-state index contributed by atoms with van der Waals surface area (Å²) in [6.07, 6.45) is 0. The number of nitrogens with zero attached hydrogens (tertiary/aromatic N) is 2. The smallest absolute Gasteiger partial charge is 0.310 e. The second-order valence-corrected chi connectivity index (χ2v) is 8.69. The Labute approximate surface area is 222 Å². The number of rotatable bonds is 5. The molecule has 35 heavy (non-hydrogen) atoms. The molecule has 0 aliphatic rings. The molecule has 3 aromatic carbocycles. The summed E-state index contributed by atoms with van der Waals surface area (Å²) < 4.78 is 0. The molecule has 0 saturated carbocycles. The second-order valence-electron chi connectivity index (χ2n) is 8.69. The van der Waals surface area contributed by atoms with Crippen LogP contribution in [0.3, 0.4) is 0 Å². The van der Waals surface area contributed by atoms with Crippen LogP contribution in [0.1, 0.15) is 16.7 Å². The predicted octanol–water partition coefficient (Wildman–Crippen LogP) is 4.85. The van der Waals surface area contributed by atoms with E-state index in [0.29, 0.717) is 0 Å². The fourth-order valence-corrected chi connectivity index (χ4v) is 4.72. The first-order valence-electron chi connectivity index (χ1n) is 11.6. The third kappa shape index (κ3) is 5.36. The zero-order chi connectivity index (χ0) is 23.5. The third-order valence-corrected chi connectivity index (χ3v) is 6.13. The Morgan fingerprint density at radius 3 is 1.51 bits per heavy atom. The van der Waals surface area contributed by atoms with Crippen LogP contribution in [0.5, 0.6) is 0 Å². The summed E-state index contributed by atoms with van der Waals surface area (Å²) in [5.41, 5.74) is 10.8. The number of aryl methyl sites for hydroxylation is 3. The summed E-state index contributed by atoms with van der Waals surface area (Å²) in [5, 5.41) is 0. The van der Waals surface area contributed by atoms with Crippen molar-refractivity contribution in [1.29, 1.82) is 0 Å². The van der Waals surface area contributed by atoms with E-state index in [1.165, 1.54) is 22.2 Å². The van der Waals surface area contributed by atoms with Crippen LogP contribution in [-0.2, 0) is 21.1 Å². The van der Waals surface area contributed by atoms with Crippen molar-refractivity contribution in [3.05, 3.63) is 126 Å². The Morgan fingerprint density at radius 1 is 0.600 bits per heavy atom. The summed E-state index contributed by atoms with van der Waals surface area (Å²) in [6, 6.07) is 39.5. The van der Waals surface area contributed by atoms with Gasteiger partial charge in [0.2, 0.25) is 0 Å². The molecule has 0 spiro atoms. The molecule has 0 amide bonds. The third-order valence-electron chi connectivity index (χ3n) is 6.13. The van der Waals surface area contributed by atoms with Gasteiger partial charge in [0.05, 0.1) is 0 Å². The number of benzene rings is 3. The molecule has 0 saturated heterocycles. The van der Waals surface area contributed by atoms with Crippen molar-refractivity contribution in [2.45, 2.75) is 20.8 Å². The monoisotopic (exact) mass is 631 g/mol. The normalized spacial score (nSPS) is 10.5. The van der Waals surface area contributed by atoms with E-state index in [1.807, 2.05) is 60.7 Å². The van der Waals surface area contributed by atoms with E-state index in [9.17, 15) is 0 Å². The molecule has 0 bridgehead atoms. The summed E-state index contributed by atoms with van der Waals surface area (Å²) in [7, 11) is 0. The molecule has 0 N–H and O–H groups in total. The standard InChI is InChI=1S/C31H25BN2.Pt/c1-22-20-23(2)31(24(3)21-22)32(29-18-10-16-27(33-29)25-12-6-4-7-13-25)30-19-11-17-28(34-30)26-14-8-5-9-15-26;/h4-12,14,16-21H,1-3H3;/q-2;+2. The fourth-order valence-electron chi connectivity index (χ4n) is 4.72. The number of pyridine rings is 2. The van der Waals surface area contributed by atoms with E-state index >= 15 is 0 Å². The molecule has 0 atom stereocenters. The van der Waals surface area contributed by atoms with E-state index in [1.54, 1.807) is 0 Å². The minimum atomic E-state index is -0.0899. The van der Waals surface area contributed by atoms with Gasteiger partial charge in [-0.1, -0.05) is 70.7 Å². The van der Waals surface area contributed by atoms with Crippen LogP contribution in [0.25, 0.3) is 22.5 Å². The second kappa shape index (κ2) is 11.0. The van der Waals surface area contributed by atoms with Crippen LogP contribution < -0.4 is 16.6 Å². The Kier molecular flexibility index (Phi) is 7.78. The topological polar surface area (TPSA) is 25.8 Å². The Bertz CT molecular complexity index is 1330. The average molecular weight is 631 g/mol. The first kappa shape index (κ1) is 24.8. The molecule has 0 aliphatic carbocycles. The van der Waals surface area contributed by atoms with Crippen molar-refractivity contribution in [3.63, 3.8) is 0 Å². The quantitative estimate of drug-likeness (QED) is 0.205. The van der Waals surface area contributed by atoms with Crippen molar-refractivity contribution in [2.24, 2.45) is 0 Å². The van der Waals surface area contributed by atoms with Gasteiger partial charge in [0.15, 0.2) is 0 Å². The molecule has 2 aromatic heterocycles. The van der Waals surface area contributed by atoms with Crippen molar-refractivity contribution >= 4 is 23.4 Å². The minimum Gasteiger partial charge on any atom is -0.310 e. The predicted molar refractivity (Wildman–Crippen MR) is 142 cm³/mol. The van der Waals surface area contributed by atoms with Crippen molar-refractivity contribution in [3.8, 4) is 22.5 Å². The summed E-state index contributed by atoms with van der Waals surface area (Å²) >= 11 is 0. The van der Waals surface area contributed by atoms with Crippen molar-refractivity contribution < 1.29 is 21.1 Å². The molecule has 2 nitrogen and oxygen atoms in total. The molecule has 0 radical (unpaired) electrons. The number of hydrogen-bond donors (Lipinski definition) is 0. The largest absolute Gasteiger partial charge is 2.00 e. The van der Waals surface area contributed by atoms with Crippen LogP contribution in [-0.4, -0.2) is 16.7 Å². The molecular weight excluding hydrogens is 606 g/mol. The van der Waals surface area contributed by atoms with E-state index < -0.39 is 0 Å². The zero-order valence-electron chi connectivity index (χ0n) is 20.0. The zero-order valence-corrected chi connectivity index (χ0v) is 22.3. The van der Waals surface area contributed by atoms with E-state index in [0.717, 1.165) is 33.7 Å². The summed E-state index contributed by atoms with van der Waals surface area (Å²) in [5.74, 6) is 0. The van der Waals surface area contributed by atoms with Gasteiger partial charge in [-0.2, -0.15) is 0 Å². The molecule has 5 aromatic rings. The minimum absolute atomic E-state index is 0. The maximum absolute atomic E-state index is 5.12. The van der Waals surface area contributed by atoms with Gasteiger partial charge in [0.1, 0.15) is 0 Å². The van der Waals surface area contributed by atoms with Crippen molar-refractivity contribution in [1.82, 2.24) is 9.97 Å². The average Bonchev–Trinajstić information content (AvgIpc) is 2.87. The first-order valence-corrected chi connectivity index (χ1v) is 11.6. The van der Waals surface area contributed by atoms with Gasteiger partial charge in [0.25, 0.3) is 6.71 Å². The number of hydrogen-bond acceptors (Lipinski definition) is 2. The Morgan fingerprint density at radius 2 is 1.09 bits per heavy atom. The maximum atomic E-state index is 5.12. The fraction of sp³-hybridized carbons (Fsp3) is 0.0968. The summed E-state index contributed by atoms with van der Waals surface area (Å²) in [4.78, 5) is 10.2. The molecule has 5 rings (SSSR count). The van der Waals surface area contributed by atoms with E-state index in [4.69, 9.17) is 9.97 Å². The van der Waals surface area contributed by atoms with Crippen LogP contribution in [0.4, 0.5) is 0 Å². The van der Waals surface area contributed by atoms with Gasteiger partial charge in [-0.15, -0.1) is 71.8 Å². The van der Waals surface area contributed by atoms with Crippen LogP contribution >= 0.6 is 0 Å². The van der Waals surface area contributed by atoms with Crippen molar-refractivity contribution in [2.75, 3.05) is 0 Å². The summed E-state index contributed by atoms with van der Waals surface area (Å²) in [6.45, 7) is 6.43. The van der Waals surface area contributed by atoms with Crippen LogP contribution in [0, 0.1) is 32.9 Å². The molecule has 172 valence electrons. The maximum Gasteiger partial charge on any atom is 2.00 e. The van der Waals surface area contributed by atoms with Gasteiger partial charge >= 0.3 is 21.1 Å². The van der Waals surface area contributed by atoms with Gasteiger partial charge < -0.3 is 9.97 Å². The SMILES string of the molecule is Cc1cc(C)c(B(c2cccc(-c3[c-]cccc3)n2)c2cccc(-c3[c-]cccc3)n2)c(C)c1.[Pt+2]. The van der Waals surface area contributed by atoms with E-state index in [2.05, 4.69) is 69.3 Å². The molecular formula is C31H25BN2Pt. The van der Waals surface area contributed by atoms with Gasteiger partial charge in [-0.3, -0.25) is 0 Å². The Hall–Kier alpha value is -3.29. The van der Waals surface area contributed by atoms with Crippen LogP contribution in [0.15, 0.2) is 97.1 Å². The molecule has 0 unspecified atom stereocenters. The number of aromatic nitrogens is 2. The van der Waals surface area contributed by atoms with Gasteiger partial charge in [-0.05, 0) is 32.2 Å². The molecule has 4 heteroatoms. The van der Waals surface area contributed by atoms with Gasteiger partial charge in [0, 0.05) is 11.2 Å². The van der Waals surface area contributed by atoms with Gasteiger partial charge in [-0.25, -0.2) is 0 Å². The first-order chi connectivity index (χ1) is 16.6. The van der Waals surface area contributed by atoms with E-state index in [-0.39, 0.29) is 27.8 Å². The molecule has 0 aliphatic heterocycles.